The lowest BCUT2D eigenvalue weighted by Gasteiger charge is -2.18. The maximum Gasteiger partial charge on any atom is 0.125 e. The summed E-state index contributed by atoms with van der Waals surface area (Å²) in [5.74, 6) is 1.16. The van der Waals surface area contributed by atoms with Crippen molar-refractivity contribution in [3.05, 3.63) is 27.7 Å². The summed E-state index contributed by atoms with van der Waals surface area (Å²) < 4.78 is 7.01. The Balaban J connectivity index is 1.88. The van der Waals surface area contributed by atoms with Crippen molar-refractivity contribution in [1.29, 1.82) is 0 Å². The van der Waals surface area contributed by atoms with Gasteiger partial charge in [-0.15, -0.1) is 0 Å². The number of hydrogen-bond acceptors (Lipinski definition) is 2. The van der Waals surface area contributed by atoms with Crippen LogP contribution in [0, 0.1) is 0 Å². The molecule has 1 unspecified atom stereocenters. The highest BCUT2D eigenvalue weighted by Crippen LogP contribution is 2.33. The van der Waals surface area contributed by atoms with Crippen molar-refractivity contribution < 1.29 is 4.74 Å². The van der Waals surface area contributed by atoms with Crippen LogP contribution in [0.4, 0.5) is 0 Å². The molecular formula is C18H28BrNO. The molecule has 0 saturated carbocycles. The molecule has 1 aliphatic rings. The van der Waals surface area contributed by atoms with E-state index in [1.165, 1.54) is 47.7 Å². The van der Waals surface area contributed by atoms with Gasteiger partial charge in [0.1, 0.15) is 5.75 Å². The van der Waals surface area contributed by atoms with Gasteiger partial charge in [0.25, 0.3) is 0 Å². The molecule has 2 nitrogen and oxygen atoms in total. The van der Waals surface area contributed by atoms with Crippen molar-refractivity contribution in [1.82, 2.24) is 5.32 Å². The minimum atomic E-state index is 0.677. The first-order valence-corrected chi connectivity index (χ1v) is 9.21. The van der Waals surface area contributed by atoms with E-state index in [-0.39, 0.29) is 0 Å². The lowest BCUT2D eigenvalue weighted by molar-refractivity contribution is 0.352. The van der Waals surface area contributed by atoms with Crippen LogP contribution in [-0.4, -0.2) is 19.2 Å². The highest BCUT2D eigenvalue weighted by Gasteiger charge is 2.17. The number of nitrogens with one attached hydrogen (secondary N) is 1. The fraction of sp³-hybridized carbons (Fsp3) is 0.667. The van der Waals surface area contributed by atoms with Crippen LogP contribution in [0.15, 0.2) is 16.6 Å². The summed E-state index contributed by atoms with van der Waals surface area (Å²) in [6, 6.07) is 5.11. The minimum Gasteiger partial charge on any atom is -0.493 e. The first-order valence-electron chi connectivity index (χ1n) is 8.42. The summed E-state index contributed by atoms with van der Waals surface area (Å²) in [4.78, 5) is 0. The molecule has 21 heavy (non-hydrogen) atoms. The Hall–Kier alpha value is -0.540. The molecule has 118 valence electrons. The number of ether oxygens (including phenoxy) is 1. The Bertz CT molecular complexity index is 447. The van der Waals surface area contributed by atoms with E-state index in [1.807, 2.05) is 0 Å². The number of rotatable bonds is 9. The van der Waals surface area contributed by atoms with Gasteiger partial charge < -0.3 is 10.1 Å². The fourth-order valence-electron chi connectivity index (χ4n) is 3.12. The Labute approximate surface area is 137 Å². The van der Waals surface area contributed by atoms with E-state index < -0.39 is 0 Å². The maximum atomic E-state index is 5.82. The predicted molar refractivity (Wildman–Crippen MR) is 93.3 cm³/mol. The molecule has 0 aliphatic carbocycles. The molecule has 3 heteroatoms. The zero-order valence-corrected chi connectivity index (χ0v) is 15.0. The van der Waals surface area contributed by atoms with Crippen LogP contribution in [0.25, 0.3) is 0 Å². The van der Waals surface area contributed by atoms with E-state index in [4.69, 9.17) is 4.74 Å². The number of halogens is 1. The molecule has 1 aromatic rings. The van der Waals surface area contributed by atoms with Crippen LogP contribution in [0.5, 0.6) is 5.75 Å². The Morgan fingerprint density at radius 3 is 2.86 bits per heavy atom. The van der Waals surface area contributed by atoms with Crippen molar-refractivity contribution in [2.75, 3.05) is 13.2 Å². The second-order valence-corrected chi connectivity index (χ2v) is 6.90. The van der Waals surface area contributed by atoms with Crippen molar-refractivity contribution in [2.24, 2.45) is 0 Å². The topological polar surface area (TPSA) is 21.3 Å². The van der Waals surface area contributed by atoms with Gasteiger partial charge in [-0.2, -0.15) is 0 Å². The minimum absolute atomic E-state index is 0.677. The summed E-state index contributed by atoms with van der Waals surface area (Å²) in [6.07, 6.45) is 8.42. The summed E-state index contributed by atoms with van der Waals surface area (Å²) in [6.45, 7) is 6.49. The Kier molecular flexibility index (Phi) is 7.05. The van der Waals surface area contributed by atoms with Gasteiger partial charge >= 0.3 is 0 Å². The second kappa shape index (κ2) is 8.79. The molecule has 1 atom stereocenters. The summed E-state index contributed by atoms with van der Waals surface area (Å²) in [5.41, 5.74) is 2.75. The largest absolute Gasteiger partial charge is 0.493 e. The van der Waals surface area contributed by atoms with Gasteiger partial charge in [-0.1, -0.05) is 36.2 Å². The van der Waals surface area contributed by atoms with Crippen molar-refractivity contribution >= 4 is 15.9 Å². The Morgan fingerprint density at radius 2 is 2.10 bits per heavy atom. The third kappa shape index (κ3) is 5.00. The highest BCUT2D eigenvalue weighted by atomic mass is 79.9. The van der Waals surface area contributed by atoms with Crippen LogP contribution >= 0.6 is 15.9 Å². The molecule has 0 saturated heterocycles. The molecule has 0 radical (unpaired) electrons. The summed E-state index contributed by atoms with van der Waals surface area (Å²) in [5, 5.41) is 3.68. The van der Waals surface area contributed by atoms with Crippen LogP contribution in [0.3, 0.4) is 0 Å². The third-order valence-electron chi connectivity index (χ3n) is 4.14. The summed E-state index contributed by atoms with van der Waals surface area (Å²) in [7, 11) is 0. The maximum absolute atomic E-state index is 5.82. The smallest absolute Gasteiger partial charge is 0.125 e. The first-order chi connectivity index (χ1) is 10.2. The normalized spacial score (nSPS) is 14.8. The number of hydrogen-bond donors (Lipinski definition) is 1. The van der Waals surface area contributed by atoms with Gasteiger partial charge in [-0.25, -0.2) is 0 Å². The van der Waals surface area contributed by atoms with E-state index in [0.717, 1.165) is 31.7 Å². The van der Waals surface area contributed by atoms with Gasteiger partial charge in [-0.05, 0) is 61.9 Å². The molecule has 1 aliphatic heterocycles. The molecule has 0 amide bonds. The van der Waals surface area contributed by atoms with Gasteiger partial charge in [0.2, 0.25) is 0 Å². The van der Waals surface area contributed by atoms with Gasteiger partial charge in [0.15, 0.2) is 0 Å². The zero-order chi connectivity index (χ0) is 15.1. The van der Waals surface area contributed by atoms with Crippen molar-refractivity contribution in [2.45, 2.75) is 64.8 Å². The monoisotopic (exact) mass is 353 g/mol. The van der Waals surface area contributed by atoms with Crippen LogP contribution in [-0.2, 0) is 12.8 Å². The average molecular weight is 354 g/mol. The van der Waals surface area contributed by atoms with Crippen LogP contribution in [0.1, 0.15) is 57.1 Å². The zero-order valence-electron chi connectivity index (χ0n) is 13.4. The molecule has 2 rings (SSSR count). The van der Waals surface area contributed by atoms with E-state index in [9.17, 15) is 0 Å². The lowest BCUT2D eigenvalue weighted by atomic mass is 9.99. The average Bonchev–Trinajstić information content (AvgIpc) is 2.92. The van der Waals surface area contributed by atoms with E-state index in [1.54, 1.807) is 0 Å². The highest BCUT2D eigenvalue weighted by molar-refractivity contribution is 9.10. The number of aryl methyl sites for hydroxylation is 1. The fourth-order valence-corrected chi connectivity index (χ4v) is 3.67. The SMILES string of the molecule is CCCNC(CCC)CCCc1cc(Br)cc2c1OCC2. The molecule has 0 bridgehead atoms. The molecule has 1 aromatic carbocycles. The van der Waals surface area contributed by atoms with Crippen molar-refractivity contribution in [3.8, 4) is 5.75 Å². The lowest BCUT2D eigenvalue weighted by Crippen LogP contribution is -2.29. The van der Waals surface area contributed by atoms with Gasteiger partial charge in [0, 0.05) is 16.9 Å². The Morgan fingerprint density at radius 1 is 1.24 bits per heavy atom. The van der Waals surface area contributed by atoms with Crippen molar-refractivity contribution in [3.63, 3.8) is 0 Å². The third-order valence-corrected chi connectivity index (χ3v) is 4.60. The van der Waals surface area contributed by atoms with E-state index in [2.05, 4.69) is 47.2 Å². The molecule has 1 N–H and O–H groups in total. The van der Waals surface area contributed by atoms with E-state index in [0.29, 0.717) is 6.04 Å². The number of benzene rings is 1. The van der Waals surface area contributed by atoms with Gasteiger partial charge in [-0.3, -0.25) is 0 Å². The molecule has 0 spiro atoms. The van der Waals surface area contributed by atoms with E-state index >= 15 is 0 Å². The quantitative estimate of drug-likeness (QED) is 0.683. The first kappa shape index (κ1) is 16.8. The molecule has 0 aromatic heterocycles. The summed E-state index contributed by atoms with van der Waals surface area (Å²) >= 11 is 3.63. The van der Waals surface area contributed by atoms with Gasteiger partial charge in [0.05, 0.1) is 6.61 Å². The van der Waals surface area contributed by atoms with Crippen LogP contribution < -0.4 is 10.1 Å². The molecule has 0 fully saturated rings. The molecular weight excluding hydrogens is 326 g/mol. The number of fused-ring (bicyclic) bond motifs is 1. The molecule has 1 heterocycles. The predicted octanol–water partition coefficient (Wildman–Crippen LogP) is 4.88. The standard InChI is InChI=1S/C18H28BrNO/c1-3-6-17(20-10-4-2)8-5-7-14-12-16(19)13-15-9-11-21-18(14)15/h12-13,17,20H,3-11H2,1-2H3. The van der Waals surface area contributed by atoms with Crippen LogP contribution in [0.2, 0.25) is 0 Å². The second-order valence-electron chi connectivity index (χ2n) is 5.98.